The number of anilines is 1. The monoisotopic (exact) mass is 513 g/mol. The zero-order valence-electron chi connectivity index (χ0n) is 18.9. The van der Waals surface area contributed by atoms with Crippen LogP contribution < -0.4 is 26.6 Å². The third-order valence-corrected chi connectivity index (χ3v) is 6.42. The van der Waals surface area contributed by atoms with E-state index in [4.69, 9.17) is 22.1 Å². The number of ether oxygens (including phenoxy) is 1. The predicted octanol–water partition coefficient (Wildman–Crippen LogP) is 2.14. The van der Waals surface area contributed by atoms with Gasteiger partial charge in [-0.3, -0.25) is 13.9 Å². The second kappa shape index (κ2) is 9.08. The molecule has 1 aliphatic heterocycles. The fourth-order valence-electron chi connectivity index (χ4n) is 4.38. The summed E-state index contributed by atoms with van der Waals surface area (Å²) in [6.07, 6.45) is -3.98. The van der Waals surface area contributed by atoms with Crippen molar-refractivity contribution >= 4 is 34.4 Å². The van der Waals surface area contributed by atoms with Crippen LogP contribution in [-0.4, -0.2) is 45.0 Å². The van der Waals surface area contributed by atoms with Crippen molar-refractivity contribution in [3.63, 3.8) is 0 Å². The summed E-state index contributed by atoms with van der Waals surface area (Å²) in [6.45, 7) is 0.593. The zero-order valence-corrected chi connectivity index (χ0v) is 19.7. The highest BCUT2D eigenvalue weighted by Gasteiger charge is 2.43. The summed E-state index contributed by atoms with van der Waals surface area (Å²) in [5, 5.41) is 0.367. The lowest BCUT2D eigenvalue weighted by Gasteiger charge is -2.33. The first-order chi connectivity index (χ1) is 16.4. The fraction of sp³-hybridized carbons (Fsp3) is 0.409. The molecule has 9 nitrogen and oxygen atoms in total. The minimum atomic E-state index is -5.30. The Morgan fingerprint density at radius 2 is 1.86 bits per heavy atom. The fourth-order valence-corrected chi connectivity index (χ4v) is 4.57. The maximum Gasteiger partial charge on any atom is 0.491 e. The SMILES string of the molecule is Cn1c(=O)c2c(c(OC(=O)C(F)(F)F)c(N3CCC[C@@H](N)C3)n2Cc2ccccc2Cl)n(C)c1=O. The molecular weight excluding hydrogens is 491 g/mol. The van der Waals surface area contributed by atoms with Gasteiger partial charge >= 0.3 is 17.8 Å². The van der Waals surface area contributed by atoms with Crippen LogP contribution in [-0.2, 0) is 25.4 Å². The van der Waals surface area contributed by atoms with Crippen molar-refractivity contribution in [2.75, 3.05) is 18.0 Å². The summed E-state index contributed by atoms with van der Waals surface area (Å²) in [6, 6.07) is 6.48. The summed E-state index contributed by atoms with van der Waals surface area (Å²) >= 11 is 6.35. The number of nitrogens with zero attached hydrogens (tertiary/aromatic N) is 4. The van der Waals surface area contributed by atoms with Gasteiger partial charge in [-0.15, -0.1) is 0 Å². The zero-order chi connectivity index (χ0) is 25.7. The Morgan fingerprint density at radius 1 is 1.17 bits per heavy atom. The van der Waals surface area contributed by atoms with E-state index in [0.717, 1.165) is 9.13 Å². The molecule has 0 bridgehead atoms. The number of hydrogen-bond acceptors (Lipinski definition) is 6. The Bertz CT molecular complexity index is 1430. The minimum absolute atomic E-state index is 0.0335. The molecule has 3 heterocycles. The van der Waals surface area contributed by atoms with E-state index in [1.807, 2.05) is 0 Å². The Morgan fingerprint density at radius 3 is 2.49 bits per heavy atom. The van der Waals surface area contributed by atoms with Gasteiger partial charge in [0, 0.05) is 38.2 Å². The average Bonchev–Trinajstić information content (AvgIpc) is 3.10. The number of aryl methyl sites for hydroxylation is 1. The molecule has 0 radical (unpaired) electrons. The van der Waals surface area contributed by atoms with Crippen LogP contribution in [0.5, 0.6) is 5.75 Å². The molecular formula is C22H23ClF3N5O4. The van der Waals surface area contributed by atoms with Crippen LogP contribution in [0.15, 0.2) is 33.9 Å². The van der Waals surface area contributed by atoms with Gasteiger partial charge in [0.05, 0.1) is 6.54 Å². The van der Waals surface area contributed by atoms with Gasteiger partial charge in [-0.05, 0) is 24.5 Å². The number of halogens is 4. The number of nitrogens with two attached hydrogens (primary N) is 1. The second-order valence-electron chi connectivity index (χ2n) is 8.47. The van der Waals surface area contributed by atoms with Crippen LogP contribution in [0.4, 0.5) is 19.0 Å². The van der Waals surface area contributed by atoms with E-state index in [9.17, 15) is 27.6 Å². The number of aromatic nitrogens is 3. The van der Waals surface area contributed by atoms with E-state index < -0.39 is 29.1 Å². The maximum atomic E-state index is 13.3. The molecule has 4 rings (SSSR count). The van der Waals surface area contributed by atoms with E-state index in [1.165, 1.54) is 18.7 Å². The van der Waals surface area contributed by atoms with Crippen LogP contribution in [0.3, 0.4) is 0 Å². The number of alkyl halides is 3. The highest BCUT2D eigenvalue weighted by atomic mass is 35.5. The Hall–Kier alpha value is -3.25. The van der Waals surface area contributed by atoms with Crippen molar-refractivity contribution < 1.29 is 22.7 Å². The van der Waals surface area contributed by atoms with Gasteiger partial charge in [0.25, 0.3) is 5.56 Å². The van der Waals surface area contributed by atoms with Crippen molar-refractivity contribution in [2.45, 2.75) is 31.6 Å². The van der Waals surface area contributed by atoms with Gasteiger partial charge in [0.1, 0.15) is 11.0 Å². The maximum absolute atomic E-state index is 13.3. The minimum Gasteiger partial charge on any atom is -0.414 e. The van der Waals surface area contributed by atoms with E-state index in [2.05, 4.69) is 0 Å². The largest absolute Gasteiger partial charge is 0.491 e. The molecule has 0 spiro atoms. The first-order valence-corrected chi connectivity index (χ1v) is 11.1. The molecule has 0 saturated carbocycles. The van der Waals surface area contributed by atoms with E-state index in [-0.39, 0.29) is 36.0 Å². The summed E-state index contributed by atoms with van der Waals surface area (Å²) in [7, 11) is 2.55. The number of rotatable bonds is 4. The molecule has 1 aromatic carbocycles. The lowest BCUT2D eigenvalue weighted by molar-refractivity contribution is -0.189. The van der Waals surface area contributed by atoms with Crippen LogP contribution in [0.2, 0.25) is 5.02 Å². The van der Waals surface area contributed by atoms with Crippen molar-refractivity contribution in [3.05, 3.63) is 55.7 Å². The normalized spacial score (nSPS) is 16.7. The molecule has 188 valence electrons. The summed E-state index contributed by atoms with van der Waals surface area (Å²) < 4.78 is 47.9. The molecule has 0 aliphatic carbocycles. The number of carbonyl (C=O) groups excluding carboxylic acids is 1. The topological polar surface area (TPSA) is 104 Å². The van der Waals surface area contributed by atoms with Gasteiger partial charge < -0.3 is 19.9 Å². The summed E-state index contributed by atoms with van der Waals surface area (Å²) in [5.74, 6) is -2.95. The second-order valence-corrected chi connectivity index (χ2v) is 8.88. The lowest BCUT2D eigenvalue weighted by atomic mass is 10.1. The third-order valence-electron chi connectivity index (χ3n) is 6.05. The number of benzene rings is 1. The summed E-state index contributed by atoms with van der Waals surface area (Å²) in [4.78, 5) is 39.6. The molecule has 13 heteroatoms. The summed E-state index contributed by atoms with van der Waals surface area (Å²) in [5.41, 5.74) is 4.83. The number of esters is 1. The highest BCUT2D eigenvalue weighted by molar-refractivity contribution is 6.31. The van der Waals surface area contributed by atoms with E-state index >= 15 is 0 Å². The number of fused-ring (bicyclic) bond motifs is 1. The molecule has 1 saturated heterocycles. The van der Waals surface area contributed by atoms with Crippen molar-refractivity contribution in [2.24, 2.45) is 19.8 Å². The molecule has 1 atom stereocenters. The van der Waals surface area contributed by atoms with E-state index in [0.29, 0.717) is 30.0 Å². The predicted molar refractivity (Wildman–Crippen MR) is 124 cm³/mol. The first-order valence-electron chi connectivity index (χ1n) is 10.8. The van der Waals surface area contributed by atoms with Crippen molar-refractivity contribution in [1.82, 2.24) is 13.7 Å². The Labute approximate surface area is 202 Å². The smallest absolute Gasteiger partial charge is 0.414 e. The molecule has 2 N–H and O–H groups in total. The quantitative estimate of drug-likeness (QED) is 0.536. The van der Waals surface area contributed by atoms with Crippen LogP contribution in [0.1, 0.15) is 18.4 Å². The number of hydrogen-bond donors (Lipinski definition) is 1. The van der Waals surface area contributed by atoms with Gasteiger partial charge in [0.15, 0.2) is 11.6 Å². The molecule has 35 heavy (non-hydrogen) atoms. The molecule has 1 aliphatic rings. The lowest BCUT2D eigenvalue weighted by Crippen LogP contribution is -2.44. The molecule has 3 aromatic rings. The van der Waals surface area contributed by atoms with Gasteiger partial charge in [-0.25, -0.2) is 9.59 Å². The van der Waals surface area contributed by atoms with E-state index in [1.54, 1.807) is 29.2 Å². The highest BCUT2D eigenvalue weighted by Crippen LogP contribution is 2.41. The average molecular weight is 514 g/mol. The number of carbonyl (C=O) groups is 1. The first kappa shape index (κ1) is 24.9. The molecule has 0 unspecified atom stereocenters. The molecule has 2 aromatic heterocycles. The third kappa shape index (κ3) is 4.43. The van der Waals surface area contributed by atoms with Crippen molar-refractivity contribution in [3.8, 4) is 5.75 Å². The van der Waals surface area contributed by atoms with Crippen LogP contribution in [0, 0.1) is 0 Å². The van der Waals surface area contributed by atoms with Gasteiger partial charge in [-0.1, -0.05) is 29.8 Å². The van der Waals surface area contributed by atoms with Gasteiger partial charge in [0.2, 0.25) is 0 Å². The van der Waals surface area contributed by atoms with Crippen LogP contribution >= 0.6 is 11.6 Å². The van der Waals surface area contributed by atoms with Gasteiger partial charge in [-0.2, -0.15) is 13.2 Å². The molecule has 0 amide bonds. The van der Waals surface area contributed by atoms with Crippen LogP contribution in [0.25, 0.3) is 11.0 Å². The number of piperidine rings is 1. The standard InChI is InChI=1S/C22H23ClF3N5O4/c1-28-15-16(19(32)29(2)21(28)34)31(10-12-6-3-4-8-14(12)23)18(30-9-5-7-13(27)11-30)17(15)35-20(33)22(24,25)26/h3-4,6,8,13H,5,7,9-11,27H2,1-2H3/t13-/m1/s1. The van der Waals surface area contributed by atoms with Crippen molar-refractivity contribution in [1.29, 1.82) is 0 Å². The molecule has 1 fully saturated rings. The Kier molecular flexibility index (Phi) is 6.45. The Balaban J connectivity index is 2.10.